The first kappa shape index (κ1) is 13.0. The van der Waals surface area contributed by atoms with Crippen molar-refractivity contribution in [1.29, 1.82) is 0 Å². The number of rotatable bonds is 3. The highest BCUT2D eigenvalue weighted by atomic mass is 79.9. The Bertz CT molecular complexity index is 484. The summed E-state index contributed by atoms with van der Waals surface area (Å²) in [7, 11) is 0. The third kappa shape index (κ3) is 2.53. The zero-order valence-electron chi connectivity index (χ0n) is 9.76. The highest BCUT2D eigenvalue weighted by Crippen LogP contribution is 2.34. The van der Waals surface area contributed by atoms with Crippen molar-refractivity contribution in [2.75, 3.05) is 18.0 Å². The molecule has 0 aliphatic carbocycles. The molecule has 0 atom stereocenters. The number of piperidine rings is 1. The van der Waals surface area contributed by atoms with E-state index in [0.717, 1.165) is 36.1 Å². The Morgan fingerprint density at radius 3 is 2.50 bits per heavy atom. The molecule has 0 N–H and O–H groups in total. The fraction of sp³-hybridized carbons (Fsp3) is 0.417. The van der Waals surface area contributed by atoms with E-state index in [4.69, 9.17) is 0 Å². The number of hydrogen-bond donors (Lipinski definition) is 0. The van der Waals surface area contributed by atoms with Crippen molar-refractivity contribution in [3.63, 3.8) is 0 Å². The summed E-state index contributed by atoms with van der Waals surface area (Å²) < 4.78 is 0.733. The Morgan fingerprint density at radius 2 is 1.94 bits per heavy atom. The zero-order valence-corrected chi connectivity index (χ0v) is 11.4. The molecule has 0 amide bonds. The maximum Gasteiger partial charge on any atom is 0.282 e. The second-order valence-electron chi connectivity index (χ2n) is 4.29. The molecule has 0 radical (unpaired) electrons. The number of hydrogen-bond acceptors (Lipinski definition) is 4. The van der Waals surface area contributed by atoms with E-state index in [9.17, 15) is 14.9 Å². The van der Waals surface area contributed by atoms with Gasteiger partial charge in [0.2, 0.25) is 0 Å². The number of nitrogens with zero attached hydrogens (tertiary/aromatic N) is 2. The lowest BCUT2D eigenvalue weighted by Crippen LogP contribution is -2.29. The monoisotopic (exact) mass is 312 g/mol. The topological polar surface area (TPSA) is 63.5 Å². The number of carbonyl (C=O) groups is 1. The minimum atomic E-state index is -0.510. The van der Waals surface area contributed by atoms with Crippen molar-refractivity contribution >= 4 is 33.6 Å². The minimum Gasteiger partial charge on any atom is -0.370 e. The van der Waals surface area contributed by atoms with Crippen LogP contribution in [0.2, 0.25) is 0 Å². The number of halogens is 1. The van der Waals surface area contributed by atoms with E-state index in [-0.39, 0.29) is 11.3 Å². The molecule has 6 heteroatoms. The van der Waals surface area contributed by atoms with Crippen LogP contribution in [-0.2, 0) is 0 Å². The second kappa shape index (κ2) is 5.48. The lowest BCUT2D eigenvalue weighted by Gasteiger charge is -2.29. The van der Waals surface area contributed by atoms with Crippen LogP contribution >= 0.6 is 15.9 Å². The molecule has 2 rings (SSSR count). The van der Waals surface area contributed by atoms with Crippen LogP contribution in [-0.4, -0.2) is 24.3 Å². The van der Waals surface area contributed by atoms with Crippen LogP contribution in [0.25, 0.3) is 0 Å². The Balaban J connectivity index is 2.43. The van der Waals surface area contributed by atoms with Crippen LogP contribution in [0.15, 0.2) is 16.6 Å². The van der Waals surface area contributed by atoms with E-state index in [1.165, 1.54) is 18.6 Å². The fourth-order valence-electron chi connectivity index (χ4n) is 2.20. The molecule has 5 nitrogen and oxygen atoms in total. The van der Waals surface area contributed by atoms with Gasteiger partial charge < -0.3 is 4.90 Å². The predicted octanol–water partition coefficient (Wildman–Crippen LogP) is 3.16. The van der Waals surface area contributed by atoms with Gasteiger partial charge in [-0.05, 0) is 41.3 Å². The zero-order chi connectivity index (χ0) is 13.1. The first-order chi connectivity index (χ1) is 8.63. The summed E-state index contributed by atoms with van der Waals surface area (Å²) in [6.07, 6.45) is 3.90. The molecule has 1 aliphatic heterocycles. The van der Waals surface area contributed by atoms with Crippen LogP contribution in [0.1, 0.15) is 29.6 Å². The van der Waals surface area contributed by atoms with E-state index in [0.29, 0.717) is 6.29 Å². The average Bonchev–Trinajstić information content (AvgIpc) is 2.39. The van der Waals surface area contributed by atoms with Gasteiger partial charge in [-0.15, -0.1) is 0 Å². The van der Waals surface area contributed by atoms with Crippen molar-refractivity contribution in [3.05, 3.63) is 32.3 Å². The van der Waals surface area contributed by atoms with Crippen LogP contribution in [0.5, 0.6) is 0 Å². The molecule has 0 bridgehead atoms. The number of aldehydes is 1. The summed E-state index contributed by atoms with van der Waals surface area (Å²) in [6, 6.07) is 3.01. The lowest BCUT2D eigenvalue weighted by molar-refractivity contribution is -0.385. The van der Waals surface area contributed by atoms with E-state index in [1.807, 2.05) is 0 Å². The van der Waals surface area contributed by atoms with Crippen molar-refractivity contribution in [2.24, 2.45) is 0 Å². The lowest BCUT2D eigenvalue weighted by atomic mass is 10.1. The highest BCUT2D eigenvalue weighted by molar-refractivity contribution is 9.10. The number of nitro groups is 1. The summed E-state index contributed by atoms with van der Waals surface area (Å²) in [5.41, 5.74) is 0.772. The van der Waals surface area contributed by atoms with Gasteiger partial charge in [-0.25, -0.2) is 0 Å². The van der Waals surface area contributed by atoms with E-state index in [2.05, 4.69) is 20.8 Å². The third-order valence-corrected chi connectivity index (χ3v) is 3.75. The number of benzene rings is 1. The van der Waals surface area contributed by atoms with Gasteiger partial charge in [0, 0.05) is 23.6 Å². The first-order valence-electron chi connectivity index (χ1n) is 5.81. The first-order valence-corrected chi connectivity index (χ1v) is 6.61. The molecule has 0 spiro atoms. The minimum absolute atomic E-state index is 0.104. The molecule has 18 heavy (non-hydrogen) atoms. The molecular formula is C12H13BrN2O3. The average molecular weight is 313 g/mol. The van der Waals surface area contributed by atoms with Gasteiger partial charge in [-0.3, -0.25) is 14.9 Å². The summed E-state index contributed by atoms with van der Waals surface area (Å²) in [6.45, 7) is 1.80. The highest BCUT2D eigenvalue weighted by Gasteiger charge is 2.21. The number of anilines is 1. The Morgan fingerprint density at radius 1 is 1.28 bits per heavy atom. The molecule has 0 aromatic heterocycles. The Kier molecular flexibility index (Phi) is 3.96. The Labute approximate surface area is 113 Å². The van der Waals surface area contributed by atoms with Crippen LogP contribution < -0.4 is 4.90 Å². The van der Waals surface area contributed by atoms with E-state index in [1.54, 1.807) is 0 Å². The quantitative estimate of drug-likeness (QED) is 0.488. The second-order valence-corrected chi connectivity index (χ2v) is 5.14. The van der Waals surface area contributed by atoms with Crippen LogP contribution in [0.3, 0.4) is 0 Å². The summed E-state index contributed by atoms with van der Waals surface area (Å²) in [5.74, 6) is 0. The van der Waals surface area contributed by atoms with Crippen molar-refractivity contribution in [3.8, 4) is 0 Å². The van der Waals surface area contributed by atoms with Gasteiger partial charge in [0.05, 0.1) is 16.2 Å². The van der Waals surface area contributed by atoms with Crippen molar-refractivity contribution in [2.45, 2.75) is 19.3 Å². The predicted molar refractivity (Wildman–Crippen MR) is 72.2 cm³/mol. The maximum absolute atomic E-state index is 10.9. The molecule has 1 heterocycles. The molecule has 1 aromatic rings. The summed E-state index contributed by atoms with van der Waals surface area (Å²) in [5, 5.41) is 10.9. The smallest absolute Gasteiger partial charge is 0.282 e. The van der Waals surface area contributed by atoms with E-state index < -0.39 is 4.92 Å². The summed E-state index contributed by atoms with van der Waals surface area (Å²) >= 11 is 3.38. The molecular weight excluding hydrogens is 300 g/mol. The van der Waals surface area contributed by atoms with E-state index >= 15 is 0 Å². The van der Waals surface area contributed by atoms with Crippen molar-refractivity contribution < 1.29 is 9.72 Å². The van der Waals surface area contributed by atoms with Gasteiger partial charge in [0.25, 0.3) is 5.69 Å². The standard InChI is InChI=1S/C12H13BrN2O3/c13-10-6-9(8-16)11(15(17)18)7-12(10)14-4-2-1-3-5-14/h6-8H,1-5H2. The normalized spacial score (nSPS) is 15.5. The molecule has 96 valence electrons. The molecule has 1 aliphatic rings. The number of carbonyl (C=O) groups excluding carboxylic acids is 1. The molecule has 0 unspecified atom stereocenters. The molecule has 1 aromatic carbocycles. The molecule has 1 fully saturated rings. The largest absolute Gasteiger partial charge is 0.370 e. The van der Waals surface area contributed by atoms with Crippen molar-refractivity contribution in [1.82, 2.24) is 0 Å². The van der Waals surface area contributed by atoms with Gasteiger partial charge >= 0.3 is 0 Å². The molecule has 1 saturated heterocycles. The van der Waals surface area contributed by atoms with Crippen LogP contribution in [0.4, 0.5) is 11.4 Å². The molecule has 0 saturated carbocycles. The number of nitro benzene ring substituents is 1. The van der Waals surface area contributed by atoms with Crippen LogP contribution in [0, 0.1) is 10.1 Å². The van der Waals surface area contributed by atoms with Gasteiger partial charge in [-0.2, -0.15) is 0 Å². The fourth-order valence-corrected chi connectivity index (χ4v) is 2.81. The van der Waals surface area contributed by atoms with Gasteiger partial charge in [0.15, 0.2) is 6.29 Å². The third-order valence-electron chi connectivity index (χ3n) is 3.12. The SMILES string of the molecule is O=Cc1cc(Br)c(N2CCCCC2)cc1[N+](=O)[O-]. The summed E-state index contributed by atoms with van der Waals surface area (Å²) in [4.78, 5) is 23.4. The van der Waals surface area contributed by atoms with Gasteiger partial charge in [0.1, 0.15) is 0 Å². The Hall–Kier alpha value is -1.43. The van der Waals surface area contributed by atoms with Gasteiger partial charge in [-0.1, -0.05) is 0 Å². The maximum atomic E-state index is 10.9.